The fraction of sp³-hybridized carbons (Fsp3) is 0.600. The quantitative estimate of drug-likeness (QED) is 0.843. The number of amides is 3. The molecule has 0 aromatic heterocycles. The number of urea groups is 1. The number of hydrogen-bond donors (Lipinski definition) is 0. The molecule has 2 aliphatic heterocycles. The molecule has 0 bridgehead atoms. The molecular weight excluding hydrogens is 314 g/mol. The van der Waals surface area contributed by atoms with Gasteiger partial charge < -0.3 is 4.90 Å². The minimum Gasteiger partial charge on any atom is -0.322 e. The summed E-state index contributed by atoms with van der Waals surface area (Å²) in [7, 11) is 1.79. The highest BCUT2D eigenvalue weighted by atomic mass is 16.2. The van der Waals surface area contributed by atoms with Crippen molar-refractivity contribution in [3.05, 3.63) is 35.9 Å². The fourth-order valence-electron chi connectivity index (χ4n) is 4.18. The normalized spacial score (nSPS) is 26.1. The molecule has 1 aromatic carbocycles. The van der Waals surface area contributed by atoms with Crippen LogP contribution in [0.5, 0.6) is 0 Å². The van der Waals surface area contributed by atoms with E-state index in [1.54, 1.807) is 11.9 Å². The molecule has 0 unspecified atom stereocenters. The van der Waals surface area contributed by atoms with Crippen molar-refractivity contribution in [1.29, 1.82) is 0 Å². The molecule has 25 heavy (non-hydrogen) atoms. The van der Waals surface area contributed by atoms with E-state index in [0.717, 1.165) is 37.9 Å². The number of carbonyl (C=O) groups excluding carboxylic acids is 2. The summed E-state index contributed by atoms with van der Waals surface area (Å²) in [6, 6.07) is 9.29. The molecule has 0 spiro atoms. The van der Waals surface area contributed by atoms with Crippen molar-refractivity contribution in [2.24, 2.45) is 0 Å². The van der Waals surface area contributed by atoms with Gasteiger partial charge in [0, 0.05) is 7.05 Å². The number of benzene rings is 1. The zero-order chi connectivity index (χ0) is 18.0. The predicted octanol–water partition coefficient (Wildman–Crippen LogP) is 3.27. The van der Waals surface area contributed by atoms with Gasteiger partial charge in [-0.25, -0.2) is 4.79 Å². The summed E-state index contributed by atoms with van der Waals surface area (Å²) >= 11 is 0. The summed E-state index contributed by atoms with van der Waals surface area (Å²) in [6.07, 6.45) is 4.24. The maximum absolute atomic E-state index is 13.4. The zero-order valence-electron chi connectivity index (χ0n) is 15.5. The van der Waals surface area contributed by atoms with Crippen LogP contribution in [0.3, 0.4) is 0 Å². The number of hydrogen-bond acceptors (Lipinski definition) is 3. The lowest BCUT2D eigenvalue weighted by Gasteiger charge is -2.36. The number of likely N-dealkylation sites (tertiary alicyclic amines) is 1. The minimum atomic E-state index is -0.218. The lowest BCUT2D eigenvalue weighted by molar-refractivity contribution is -0.135. The fourth-order valence-corrected chi connectivity index (χ4v) is 4.18. The monoisotopic (exact) mass is 343 g/mol. The number of likely N-dealkylation sites (N-methyl/N-ethyl adjacent to an activating group) is 1. The molecule has 136 valence electrons. The third kappa shape index (κ3) is 3.30. The highest BCUT2D eigenvalue weighted by molar-refractivity contribution is 5.99. The summed E-state index contributed by atoms with van der Waals surface area (Å²) in [5.41, 5.74) is 1.02. The van der Waals surface area contributed by atoms with Gasteiger partial charge in [-0.2, -0.15) is 0 Å². The van der Waals surface area contributed by atoms with E-state index in [2.05, 4.69) is 4.90 Å². The standard InChI is InChI=1S/C20H29N3O2/c1-4-17(22-13-9-6-10-14-22)19(24)23-18(15(2)21(3)20(23)25)16-11-7-5-8-12-16/h5,7-8,11-12,15,17-18H,4,6,9-10,13-14H2,1-3H3/t15-,17+,18-/m0/s1. The first-order chi connectivity index (χ1) is 12.1. The molecular formula is C20H29N3O2. The van der Waals surface area contributed by atoms with E-state index in [1.807, 2.05) is 44.2 Å². The second-order valence-corrected chi connectivity index (χ2v) is 7.22. The van der Waals surface area contributed by atoms with Gasteiger partial charge in [-0.15, -0.1) is 0 Å². The molecule has 1 aromatic rings. The third-order valence-corrected chi connectivity index (χ3v) is 5.74. The van der Waals surface area contributed by atoms with Gasteiger partial charge >= 0.3 is 6.03 Å². The Morgan fingerprint density at radius 2 is 1.80 bits per heavy atom. The highest BCUT2D eigenvalue weighted by Crippen LogP contribution is 2.35. The molecule has 2 heterocycles. The van der Waals surface area contributed by atoms with E-state index in [9.17, 15) is 9.59 Å². The van der Waals surface area contributed by atoms with E-state index >= 15 is 0 Å². The first-order valence-electron chi connectivity index (χ1n) is 9.45. The first-order valence-corrected chi connectivity index (χ1v) is 9.45. The number of imide groups is 1. The van der Waals surface area contributed by atoms with E-state index in [-0.39, 0.29) is 30.1 Å². The number of piperidine rings is 1. The number of nitrogens with zero attached hydrogens (tertiary/aromatic N) is 3. The van der Waals surface area contributed by atoms with Gasteiger partial charge in [0.1, 0.15) is 0 Å². The SMILES string of the molecule is CC[C@H](C(=O)N1C(=O)N(C)[C@@H](C)[C@H]1c1ccccc1)N1CCCCC1. The lowest BCUT2D eigenvalue weighted by Crippen LogP contribution is -2.51. The van der Waals surface area contributed by atoms with Crippen LogP contribution >= 0.6 is 0 Å². The highest BCUT2D eigenvalue weighted by Gasteiger charge is 2.47. The van der Waals surface area contributed by atoms with Crippen molar-refractivity contribution in [3.63, 3.8) is 0 Å². The molecule has 3 rings (SSSR count). The summed E-state index contributed by atoms with van der Waals surface area (Å²) in [4.78, 5) is 31.7. The van der Waals surface area contributed by atoms with Crippen molar-refractivity contribution in [1.82, 2.24) is 14.7 Å². The van der Waals surface area contributed by atoms with Crippen LogP contribution in [0.15, 0.2) is 30.3 Å². The van der Waals surface area contributed by atoms with Crippen LogP contribution in [0.1, 0.15) is 51.1 Å². The van der Waals surface area contributed by atoms with Gasteiger partial charge in [0.05, 0.1) is 18.1 Å². The summed E-state index contributed by atoms with van der Waals surface area (Å²) in [5, 5.41) is 0. The molecule has 3 amide bonds. The van der Waals surface area contributed by atoms with Crippen LogP contribution in [-0.2, 0) is 4.79 Å². The Kier molecular flexibility index (Phi) is 5.42. The largest absolute Gasteiger partial charge is 0.327 e. The average Bonchev–Trinajstić information content (AvgIpc) is 2.88. The predicted molar refractivity (Wildman–Crippen MR) is 98.2 cm³/mol. The van der Waals surface area contributed by atoms with Crippen LogP contribution in [0.4, 0.5) is 4.79 Å². The van der Waals surface area contributed by atoms with E-state index < -0.39 is 0 Å². The molecule has 0 saturated carbocycles. The van der Waals surface area contributed by atoms with Gasteiger partial charge in [0.15, 0.2) is 0 Å². The Morgan fingerprint density at radius 1 is 1.16 bits per heavy atom. The van der Waals surface area contributed by atoms with Crippen LogP contribution in [0.25, 0.3) is 0 Å². The first kappa shape index (κ1) is 17.9. The summed E-state index contributed by atoms with van der Waals surface area (Å²) < 4.78 is 0. The third-order valence-electron chi connectivity index (χ3n) is 5.74. The summed E-state index contributed by atoms with van der Waals surface area (Å²) in [5.74, 6) is -0.0422. The number of carbonyl (C=O) groups is 2. The van der Waals surface area contributed by atoms with Crippen LogP contribution in [0.2, 0.25) is 0 Å². The van der Waals surface area contributed by atoms with Crippen molar-refractivity contribution in [2.45, 2.75) is 57.7 Å². The Labute approximate surface area is 150 Å². The minimum absolute atomic E-state index is 0.0299. The van der Waals surface area contributed by atoms with Gasteiger partial charge in [-0.1, -0.05) is 43.7 Å². The lowest BCUT2D eigenvalue weighted by atomic mass is 9.99. The Hall–Kier alpha value is -1.88. The Balaban J connectivity index is 1.90. The molecule has 0 N–H and O–H groups in total. The topological polar surface area (TPSA) is 43.9 Å². The van der Waals surface area contributed by atoms with Crippen molar-refractivity contribution < 1.29 is 9.59 Å². The van der Waals surface area contributed by atoms with Crippen molar-refractivity contribution >= 4 is 11.9 Å². The maximum atomic E-state index is 13.4. The molecule has 0 radical (unpaired) electrons. The smallest absolute Gasteiger partial charge is 0.322 e. The Bertz CT molecular complexity index is 613. The van der Waals surface area contributed by atoms with Crippen molar-refractivity contribution in [2.75, 3.05) is 20.1 Å². The van der Waals surface area contributed by atoms with E-state index in [4.69, 9.17) is 0 Å². The van der Waals surface area contributed by atoms with Gasteiger partial charge in [-0.05, 0) is 44.8 Å². The van der Waals surface area contributed by atoms with Crippen molar-refractivity contribution in [3.8, 4) is 0 Å². The molecule has 5 nitrogen and oxygen atoms in total. The van der Waals surface area contributed by atoms with E-state index in [0.29, 0.717) is 0 Å². The Morgan fingerprint density at radius 3 is 2.40 bits per heavy atom. The molecule has 2 fully saturated rings. The number of rotatable bonds is 4. The molecule has 2 aliphatic rings. The zero-order valence-corrected chi connectivity index (χ0v) is 15.5. The van der Waals surface area contributed by atoms with Gasteiger partial charge in [0.2, 0.25) is 5.91 Å². The van der Waals surface area contributed by atoms with Crippen LogP contribution < -0.4 is 0 Å². The van der Waals surface area contributed by atoms with Crippen LogP contribution in [0, 0.1) is 0 Å². The average molecular weight is 343 g/mol. The van der Waals surface area contributed by atoms with E-state index in [1.165, 1.54) is 11.3 Å². The molecule has 0 aliphatic carbocycles. The second kappa shape index (κ2) is 7.56. The maximum Gasteiger partial charge on any atom is 0.327 e. The molecule has 2 saturated heterocycles. The molecule has 3 atom stereocenters. The second-order valence-electron chi connectivity index (χ2n) is 7.22. The van der Waals surface area contributed by atoms with Crippen LogP contribution in [-0.4, -0.2) is 58.9 Å². The van der Waals surface area contributed by atoms with Gasteiger partial charge in [0.25, 0.3) is 0 Å². The summed E-state index contributed by atoms with van der Waals surface area (Å²) in [6.45, 7) is 5.97. The molecule has 5 heteroatoms. The van der Waals surface area contributed by atoms with Gasteiger partial charge in [-0.3, -0.25) is 14.6 Å².